The Kier molecular flexibility index (Phi) is 3.65. The summed E-state index contributed by atoms with van der Waals surface area (Å²) in [5.41, 5.74) is 1.86. The van der Waals surface area contributed by atoms with Crippen molar-refractivity contribution >= 4 is 22.7 Å². The van der Waals surface area contributed by atoms with Crippen molar-refractivity contribution < 1.29 is 9.34 Å². The maximum absolute atomic E-state index is 12.1. The van der Waals surface area contributed by atoms with E-state index in [0.29, 0.717) is 12.3 Å². The summed E-state index contributed by atoms with van der Waals surface area (Å²) in [6.45, 7) is 2.25. The summed E-state index contributed by atoms with van der Waals surface area (Å²) in [7, 11) is 0. The van der Waals surface area contributed by atoms with Gasteiger partial charge < -0.3 is 9.32 Å². The lowest BCUT2D eigenvalue weighted by Gasteiger charge is -2.23. The molecule has 0 bridgehead atoms. The molecule has 1 aliphatic rings. The second-order valence-corrected chi connectivity index (χ2v) is 6.83. The van der Waals surface area contributed by atoms with Gasteiger partial charge in [-0.05, 0) is 36.4 Å². The van der Waals surface area contributed by atoms with Gasteiger partial charge in [-0.3, -0.25) is 10.1 Å². The number of benzene rings is 1. The zero-order valence-corrected chi connectivity index (χ0v) is 14.1. The maximum Gasteiger partial charge on any atom is 0.439 e. The molecule has 1 aliphatic heterocycles. The van der Waals surface area contributed by atoms with Crippen LogP contribution in [0.25, 0.3) is 10.8 Å². The van der Waals surface area contributed by atoms with Crippen LogP contribution in [0.3, 0.4) is 0 Å². The number of thiophene rings is 1. The molecule has 3 aromatic rings. The Balaban J connectivity index is 1.64. The quantitative estimate of drug-likeness (QED) is 0.526. The SMILES string of the molecule is C[C@H]1Cc2cc([N+](=O)[O-])ccc2N1Cn1nc(-c2cccs2)oc1=O. The van der Waals surface area contributed by atoms with Crippen molar-refractivity contribution in [1.29, 1.82) is 0 Å². The van der Waals surface area contributed by atoms with Gasteiger partial charge in [-0.25, -0.2) is 4.79 Å². The van der Waals surface area contributed by atoms with Crippen LogP contribution in [0.5, 0.6) is 0 Å². The number of hydrogen-bond acceptors (Lipinski definition) is 7. The normalized spacial score (nSPS) is 16.2. The first-order valence-corrected chi connectivity index (χ1v) is 8.56. The van der Waals surface area contributed by atoms with E-state index in [1.165, 1.54) is 22.1 Å². The summed E-state index contributed by atoms with van der Waals surface area (Å²) in [6.07, 6.45) is 0.682. The highest BCUT2D eigenvalue weighted by Crippen LogP contribution is 2.34. The number of anilines is 1. The maximum atomic E-state index is 12.1. The molecule has 0 saturated heterocycles. The standard InChI is InChI=1S/C16H14N4O4S/c1-10-7-11-8-12(20(22)23)4-5-13(11)18(10)9-19-16(21)24-15(17-19)14-3-2-6-25-14/h2-6,8,10H,7,9H2,1H3/t10-/m0/s1. The lowest BCUT2D eigenvalue weighted by molar-refractivity contribution is -0.384. The fraction of sp³-hybridized carbons (Fsp3) is 0.250. The molecule has 0 aliphatic carbocycles. The molecular formula is C16H14N4O4S. The number of fused-ring (bicyclic) bond motifs is 1. The van der Waals surface area contributed by atoms with Gasteiger partial charge in [0.2, 0.25) is 0 Å². The third-order valence-corrected chi connectivity index (χ3v) is 5.11. The molecule has 128 valence electrons. The van der Waals surface area contributed by atoms with Crippen molar-refractivity contribution in [2.24, 2.45) is 0 Å². The predicted molar refractivity (Wildman–Crippen MR) is 92.8 cm³/mol. The minimum atomic E-state index is -0.522. The monoisotopic (exact) mass is 358 g/mol. The second kappa shape index (κ2) is 5.85. The van der Waals surface area contributed by atoms with Crippen LogP contribution in [0.4, 0.5) is 11.4 Å². The Morgan fingerprint density at radius 1 is 1.44 bits per heavy atom. The minimum absolute atomic E-state index is 0.0754. The van der Waals surface area contributed by atoms with E-state index < -0.39 is 10.7 Å². The molecule has 0 radical (unpaired) electrons. The number of nitro groups is 1. The van der Waals surface area contributed by atoms with Crippen LogP contribution < -0.4 is 10.7 Å². The number of rotatable bonds is 4. The zero-order valence-electron chi connectivity index (χ0n) is 13.3. The summed E-state index contributed by atoms with van der Waals surface area (Å²) in [5, 5.41) is 17.1. The average molecular weight is 358 g/mol. The van der Waals surface area contributed by atoms with Crippen molar-refractivity contribution in [2.45, 2.75) is 26.1 Å². The van der Waals surface area contributed by atoms with Crippen LogP contribution >= 0.6 is 11.3 Å². The van der Waals surface area contributed by atoms with Crippen molar-refractivity contribution in [3.8, 4) is 10.8 Å². The fourth-order valence-corrected chi connectivity index (χ4v) is 3.69. The van der Waals surface area contributed by atoms with Crippen molar-refractivity contribution in [1.82, 2.24) is 9.78 Å². The third kappa shape index (κ3) is 2.72. The second-order valence-electron chi connectivity index (χ2n) is 5.88. The Morgan fingerprint density at radius 3 is 3.00 bits per heavy atom. The first-order chi connectivity index (χ1) is 12.0. The van der Waals surface area contributed by atoms with Crippen LogP contribution in [-0.2, 0) is 13.1 Å². The Labute approximate surface area is 146 Å². The molecule has 1 atom stereocenters. The van der Waals surface area contributed by atoms with E-state index in [-0.39, 0.29) is 18.4 Å². The van der Waals surface area contributed by atoms with E-state index in [1.54, 1.807) is 12.1 Å². The van der Waals surface area contributed by atoms with E-state index in [4.69, 9.17) is 4.42 Å². The Morgan fingerprint density at radius 2 is 2.28 bits per heavy atom. The van der Waals surface area contributed by atoms with E-state index in [1.807, 2.05) is 29.3 Å². The molecule has 0 fully saturated rings. The lowest BCUT2D eigenvalue weighted by atomic mass is 10.1. The molecule has 4 rings (SSSR count). The zero-order chi connectivity index (χ0) is 17.6. The van der Waals surface area contributed by atoms with Gasteiger partial charge in [0.1, 0.15) is 6.67 Å². The molecule has 0 spiro atoms. The van der Waals surface area contributed by atoms with E-state index in [2.05, 4.69) is 5.10 Å². The van der Waals surface area contributed by atoms with Crippen LogP contribution in [0.1, 0.15) is 12.5 Å². The number of non-ortho nitro benzene ring substituents is 1. The molecule has 2 aromatic heterocycles. The van der Waals surface area contributed by atoms with Gasteiger partial charge in [0.25, 0.3) is 11.6 Å². The first-order valence-electron chi connectivity index (χ1n) is 7.68. The highest BCUT2D eigenvalue weighted by molar-refractivity contribution is 7.13. The molecule has 0 saturated carbocycles. The minimum Gasteiger partial charge on any atom is -0.387 e. The lowest BCUT2D eigenvalue weighted by Crippen LogP contribution is -2.35. The molecule has 8 nitrogen and oxygen atoms in total. The van der Waals surface area contributed by atoms with Crippen molar-refractivity contribution in [3.05, 3.63) is 61.9 Å². The summed E-state index contributed by atoms with van der Waals surface area (Å²) in [6, 6.07) is 8.60. The Hall–Kier alpha value is -2.94. The summed E-state index contributed by atoms with van der Waals surface area (Å²) >= 11 is 1.45. The average Bonchev–Trinajstić information content (AvgIpc) is 3.28. The summed E-state index contributed by atoms with van der Waals surface area (Å²) in [5.74, 6) is -0.221. The van der Waals surface area contributed by atoms with Gasteiger partial charge in [0, 0.05) is 23.9 Å². The Bertz CT molecular complexity index is 992. The molecule has 25 heavy (non-hydrogen) atoms. The van der Waals surface area contributed by atoms with Gasteiger partial charge in [-0.1, -0.05) is 6.07 Å². The van der Waals surface area contributed by atoms with E-state index in [9.17, 15) is 14.9 Å². The van der Waals surface area contributed by atoms with Gasteiger partial charge in [-0.15, -0.1) is 16.4 Å². The van der Waals surface area contributed by atoms with Gasteiger partial charge in [0.05, 0.1) is 9.80 Å². The number of nitrogens with zero attached hydrogens (tertiary/aromatic N) is 4. The molecule has 0 amide bonds. The van der Waals surface area contributed by atoms with Crippen LogP contribution in [0.15, 0.2) is 44.9 Å². The molecule has 3 heterocycles. The highest BCUT2D eigenvalue weighted by Gasteiger charge is 2.29. The number of nitro benzene ring substituents is 1. The fourth-order valence-electron chi connectivity index (χ4n) is 3.05. The van der Waals surface area contributed by atoms with Crippen LogP contribution in [0.2, 0.25) is 0 Å². The molecular weight excluding hydrogens is 344 g/mol. The van der Waals surface area contributed by atoms with Crippen LogP contribution in [-0.4, -0.2) is 20.7 Å². The predicted octanol–water partition coefficient (Wildman–Crippen LogP) is 2.88. The molecule has 0 unspecified atom stereocenters. The molecule has 0 N–H and O–H groups in total. The summed E-state index contributed by atoms with van der Waals surface area (Å²) in [4.78, 5) is 25.4. The molecule has 9 heteroatoms. The molecule has 1 aromatic carbocycles. The van der Waals surface area contributed by atoms with Crippen LogP contribution in [0, 0.1) is 10.1 Å². The van der Waals surface area contributed by atoms with Gasteiger partial charge in [0.15, 0.2) is 0 Å². The van der Waals surface area contributed by atoms with Gasteiger partial charge in [-0.2, -0.15) is 4.68 Å². The van der Waals surface area contributed by atoms with E-state index >= 15 is 0 Å². The number of aromatic nitrogens is 2. The van der Waals surface area contributed by atoms with Crippen molar-refractivity contribution in [3.63, 3.8) is 0 Å². The van der Waals surface area contributed by atoms with Crippen molar-refractivity contribution in [2.75, 3.05) is 4.90 Å². The first kappa shape index (κ1) is 15.6. The summed E-state index contributed by atoms with van der Waals surface area (Å²) < 4.78 is 6.51. The third-order valence-electron chi connectivity index (χ3n) is 4.26. The topological polar surface area (TPSA) is 94.4 Å². The van der Waals surface area contributed by atoms with Gasteiger partial charge >= 0.3 is 5.76 Å². The smallest absolute Gasteiger partial charge is 0.387 e. The number of hydrogen-bond donors (Lipinski definition) is 0. The highest BCUT2D eigenvalue weighted by atomic mass is 32.1. The van der Waals surface area contributed by atoms with E-state index in [0.717, 1.165) is 16.1 Å². The largest absolute Gasteiger partial charge is 0.439 e.